The van der Waals surface area contributed by atoms with E-state index in [2.05, 4.69) is 0 Å². The van der Waals surface area contributed by atoms with Gasteiger partial charge in [-0.1, -0.05) is 40.9 Å². The van der Waals surface area contributed by atoms with Crippen LogP contribution in [0.25, 0.3) is 33.4 Å². The quantitative estimate of drug-likeness (QED) is 0.329. The van der Waals surface area contributed by atoms with Crippen LogP contribution in [0.4, 0.5) is 0 Å². The number of fused-ring (bicyclic) bond motifs is 2. The molecule has 5 nitrogen and oxygen atoms in total. The molecule has 8 heteroatoms. The second-order valence-corrected chi connectivity index (χ2v) is 8.13. The van der Waals surface area contributed by atoms with Crippen molar-refractivity contribution in [1.29, 1.82) is 0 Å². The van der Waals surface area contributed by atoms with Crippen molar-refractivity contribution in [3.63, 3.8) is 0 Å². The number of halogens is 3. The molecule has 0 saturated carbocycles. The van der Waals surface area contributed by atoms with Crippen molar-refractivity contribution in [1.82, 2.24) is 0 Å². The van der Waals surface area contributed by atoms with E-state index in [9.17, 15) is 19.8 Å². The number of hydrogen-bond acceptors (Lipinski definition) is 4. The van der Waals surface area contributed by atoms with Crippen LogP contribution < -0.4 is 5.43 Å². The number of phenols is 1. The highest BCUT2D eigenvalue weighted by Crippen LogP contribution is 2.47. The van der Waals surface area contributed by atoms with E-state index in [0.29, 0.717) is 27.6 Å². The summed E-state index contributed by atoms with van der Waals surface area (Å²) in [5, 5.41) is 20.6. The molecular weight excluding hydrogens is 451 g/mol. The molecule has 0 radical (unpaired) electrons. The number of aryl methyl sites for hydroxylation is 2. The molecule has 0 aromatic heterocycles. The summed E-state index contributed by atoms with van der Waals surface area (Å²) in [4.78, 5) is 24.3. The molecule has 0 amide bonds. The van der Waals surface area contributed by atoms with Crippen molar-refractivity contribution < 1.29 is 19.4 Å². The zero-order valence-electron chi connectivity index (χ0n) is 15.6. The summed E-state index contributed by atoms with van der Waals surface area (Å²) >= 11 is 18.9. The van der Waals surface area contributed by atoms with Crippen molar-refractivity contribution in [2.24, 2.45) is 0 Å². The minimum absolute atomic E-state index is 0.00548. The van der Waals surface area contributed by atoms with Crippen LogP contribution in [0.2, 0.25) is 15.1 Å². The lowest BCUT2D eigenvalue weighted by Gasteiger charge is -2.20. The van der Waals surface area contributed by atoms with E-state index in [4.69, 9.17) is 39.2 Å². The number of carboxylic acid groups (broad SMARTS) is 1. The predicted octanol–water partition coefficient (Wildman–Crippen LogP) is 6.55. The van der Waals surface area contributed by atoms with Crippen LogP contribution in [0, 0.1) is 13.8 Å². The molecule has 0 fully saturated rings. The number of carbonyl (C=O) groups is 1. The molecule has 1 aliphatic carbocycles. The topological polar surface area (TPSA) is 87.7 Å². The third-order valence-corrected chi connectivity index (χ3v) is 6.03. The Hall–Kier alpha value is -2.73. The normalized spacial score (nSPS) is 11.4. The number of aromatic carboxylic acids is 1. The van der Waals surface area contributed by atoms with Gasteiger partial charge in [0, 0.05) is 34.2 Å². The molecule has 0 atom stereocenters. The number of aromatic hydroxyl groups is 1. The summed E-state index contributed by atoms with van der Waals surface area (Å²) in [5.74, 6) is -1.22. The first-order valence-electron chi connectivity index (χ1n) is 8.72. The van der Waals surface area contributed by atoms with Gasteiger partial charge >= 0.3 is 5.97 Å². The molecule has 152 valence electrons. The van der Waals surface area contributed by atoms with Crippen molar-refractivity contribution >= 4 is 51.7 Å². The Bertz CT molecular complexity index is 1400. The third kappa shape index (κ3) is 3.10. The molecule has 2 aliphatic rings. The van der Waals surface area contributed by atoms with E-state index in [-0.39, 0.29) is 43.3 Å². The Kier molecular flexibility index (Phi) is 4.93. The highest BCUT2D eigenvalue weighted by molar-refractivity contribution is 6.37. The third-order valence-electron chi connectivity index (χ3n) is 4.95. The van der Waals surface area contributed by atoms with Gasteiger partial charge in [-0.2, -0.15) is 0 Å². The first kappa shape index (κ1) is 20.5. The summed E-state index contributed by atoms with van der Waals surface area (Å²) in [5.41, 5.74) is 1.97. The maximum absolute atomic E-state index is 12.2. The van der Waals surface area contributed by atoms with Crippen LogP contribution in [-0.2, 0) is 0 Å². The minimum atomic E-state index is -1.16. The van der Waals surface area contributed by atoms with Crippen molar-refractivity contribution in [2.75, 3.05) is 0 Å². The SMILES string of the molecule is Cc1cc(C)c(C(=O)O)c(-c2c3cc(Cl)c(=O)cc-3oc3cc(O)c(Cl)cc23)c1Cl. The van der Waals surface area contributed by atoms with Gasteiger partial charge in [0.25, 0.3) is 0 Å². The summed E-state index contributed by atoms with van der Waals surface area (Å²) in [6.07, 6.45) is 0. The zero-order chi connectivity index (χ0) is 21.9. The van der Waals surface area contributed by atoms with Crippen LogP contribution in [0.5, 0.6) is 5.75 Å². The lowest BCUT2D eigenvalue weighted by atomic mass is 9.87. The van der Waals surface area contributed by atoms with Gasteiger partial charge in [0.1, 0.15) is 17.1 Å². The van der Waals surface area contributed by atoms with E-state index < -0.39 is 11.4 Å². The fourth-order valence-electron chi connectivity index (χ4n) is 3.64. The van der Waals surface area contributed by atoms with Crippen LogP contribution in [0.1, 0.15) is 21.5 Å². The molecule has 0 bridgehead atoms. The number of hydrogen-bond donors (Lipinski definition) is 2. The molecule has 2 aromatic carbocycles. The van der Waals surface area contributed by atoms with E-state index in [1.165, 1.54) is 24.3 Å². The average molecular weight is 464 g/mol. The van der Waals surface area contributed by atoms with Crippen molar-refractivity contribution in [3.05, 3.63) is 72.3 Å². The predicted molar refractivity (Wildman–Crippen MR) is 118 cm³/mol. The first-order valence-corrected chi connectivity index (χ1v) is 9.85. The van der Waals surface area contributed by atoms with Gasteiger partial charge in [-0.15, -0.1) is 0 Å². The lowest BCUT2D eigenvalue weighted by molar-refractivity contribution is 0.0697. The molecule has 1 heterocycles. The Balaban J connectivity index is 2.35. The van der Waals surface area contributed by atoms with Gasteiger partial charge in [-0.3, -0.25) is 4.79 Å². The number of benzene rings is 3. The number of rotatable bonds is 2. The smallest absolute Gasteiger partial charge is 0.336 e. The highest BCUT2D eigenvalue weighted by Gasteiger charge is 2.27. The molecule has 0 saturated heterocycles. The maximum Gasteiger partial charge on any atom is 0.336 e. The number of carboxylic acids is 1. The first-order chi connectivity index (χ1) is 14.1. The van der Waals surface area contributed by atoms with Crippen molar-refractivity contribution in [3.8, 4) is 28.2 Å². The Morgan fingerprint density at radius 1 is 0.933 bits per heavy atom. The van der Waals surface area contributed by atoms with Gasteiger partial charge in [-0.25, -0.2) is 4.79 Å². The Morgan fingerprint density at radius 3 is 2.30 bits per heavy atom. The zero-order valence-corrected chi connectivity index (χ0v) is 17.9. The van der Waals surface area contributed by atoms with Gasteiger partial charge < -0.3 is 14.6 Å². The molecule has 2 N–H and O–H groups in total. The summed E-state index contributed by atoms with van der Waals surface area (Å²) in [6.45, 7) is 3.44. The summed E-state index contributed by atoms with van der Waals surface area (Å²) in [6, 6.07) is 7.08. The summed E-state index contributed by atoms with van der Waals surface area (Å²) < 4.78 is 5.81. The fraction of sp³-hybridized carbons (Fsp3) is 0.0909. The van der Waals surface area contributed by atoms with E-state index in [0.717, 1.165) is 0 Å². The van der Waals surface area contributed by atoms with Gasteiger partial charge in [0.2, 0.25) is 5.43 Å². The van der Waals surface area contributed by atoms with E-state index in [1.807, 2.05) is 0 Å². The Labute approximate surface area is 185 Å². The van der Waals surface area contributed by atoms with Crippen LogP contribution >= 0.6 is 34.8 Å². The molecule has 1 aliphatic heterocycles. The highest BCUT2D eigenvalue weighted by atomic mass is 35.5. The Morgan fingerprint density at radius 2 is 1.63 bits per heavy atom. The van der Waals surface area contributed by atoms with E-state index >= 15 is 0 Å². The van der Waals surface area contributed by atoms with Gasteiger partial charge in [0.15, 0.2) is 0 Å². The fourth-order valence-corrected chi connectivity index (χ4v) is 4.22. The van der Waals surface area contributed by atoms with Crippen LogP contribution in [0.15, 0.2) is 39.5 Å². The second-order valence-electron chi connectivity index (χ2n) is 6.94. The molecule has 0 unspecified atom stereocenters. The van der Waals surface area contributed by atoms with Crippen LogP contribution in [0.3, 0.4) is 0 Å². The molecule has 30 heavy (non-hydrogen) atoms. The minimum Gasteiger partial charge on any atom is -0.506 e. The molecular formula is C22H13Cl3O5. The van der Waals surface area contributed by atoms with Gasteiger partial charge in [-0.05, 0) is 37.1 Å². The summed E-state index contributed by atoms with van der Waals surface area (Å²) in [7, 11) is 0. The maximum atomic E-state index is 12.2. The number of phenolic OH excluding ortho intramolecular Hbond substituents is 1. The monoisotopic (exact) mass is 462 g/mol. The average Bonchev–Trinajstić information content (AvgIpc) is 2.65. The molecule has 2 aromatic rings. The lowest BCUT2D eigenvalue weighted by Crippen LogP contribution is -2.07. The van der Waals surface area contributed by atoms with E-state index in [1.54, 1.807) is 19.9 Å². The van der Waals surface area contributed by atoms with Gasteiger partial charge in [0.05, 0.1) is 20.6 Å². The van der Waals surface area contributed by atoms with Crippen molar-refractivity contribution in [2.45, 2.75) is 13.8 Å². The molecule has 4 rings (SSSR count). The standard InChI is InChI=1S/C22H13Cl3O5/c1-8-3-9(2)21(25)20(18(8)22(28)29)19-10-4-12(23)14(26)6-16(10)30-17-7-15(27)13(24)5-11(17)19/h3-7,26H,1-2H3,(H,28,29). The largest absolute Gasteiger partial charge is 0.506 e. The molecule has 0 spiro atoms. The second kappa shape index (κ2) is 7.20. The van der Waals surface area contributed by atoms with Crippen LogP contribution in [-0.4, -0.2) is 16.2 Å².